The summed E-state index contributed by atoms with van der Waals surface area (Å²) < 4.78 is 4.81. The van der Waals surface area contributed by atoms with Crippen molar-refractivity contribution in [1.82, 2.24) is 10.6 Å². The Morgan fingerprint density at radius 3 is 2.00 bits per heavy atom. The van der Waals surface area contributed by atoms with E-state index in [-0.39, 0.29) is 23.7 Å². The molecular weight excluding hydrogens is 440 g/mol. The second-order valence-electron chi connectivity index (χ2n) is 10.8. The number of hydrogen-bond acceptors (Lipinski definition) is 4. The normalized spacial score (nSPS) is 19.8. The summed E-state index contributed by atoms with van der Waals surface area (Å²) in [7, 11) is 1.30. The van der Waals surface area contributed by atoms with Gasteiger partial charge in [0.05, 0.1) is 7.11 Å². The van der Waals surface area contributed by atoms with E-state index in [1.54, 1.807) is 0 Å². The van der Waals surface area contributed by atoms with E-state index < -0.39 is 18.1 Å². The number of ether oxygens (including phenoxy) is 1. The van der Waals surface area contributed by atoms with Crippen LogP contribution in [0, 0.1) is 17.8 Å². The first kappa shape index (κ1) is 28.9. The average molecular weight is 487 g/mol. The van der Waals surface area contributed by atoms with Crippen molar-refractivity contribution in [2.45, 2.75) is 104 Å². The van der Waals surface area contributed by atoms with Gasteiger partial charge in [-0.1, -0.05) is 72.4 Å². The van der Waals surface area contributed by atoms with E-state index in [0.717, 1.165) is 5.92 Å². The van der Waals surface area contributed by atoms with Crippen molar-refractivity contribution in [2.75, 3.05) is 7.11 Å². The Morgan fingerprint density at radius 2 is 1.49 bits per heavy atom. The Kier molecular flexibility index (Phi) is 11.8. The van der Waals surface area contributed by atoms with Crippen LogP contribution in [0.5, 0.6) is 0 Å². The Hall–Kier alpha value is -2.37. The number of esters is 1. The van der Waals surface area contributed by atoms with Crippen LogP contribution in [0.4, 0.5) is 0 Å². The van der Waals surface area contributed by atoms with E-state index in [9.17, 15) is 14.4 Å². The zero-order valence-electron chi connectivity index (χ0n) is 22.6. The standard InChI is InChI=1S/C29H46N2O4/c1-7-8-9-10-21-11-13-22(14-12-21)23-15-17-24(18-16-23)27(32)30-25(19(2)3)28(33)31-26(20(4)5)29(34)35-6/h15-22,25-26H,7-14H2,1-6H3,(H,30,32)(H,31,33)/t21?,22?,25-,26+/m1/s1. The van der Waals surface area contributed by atoms with Crippen LogP contribution in [0.15, 0.2) is 24.3 Å². The number of carbonyl (C=O) groups is 3. The molecule has 2 N–H and O–H groups in total. The van der Waals surface area contributed by atoms with Gasteiger partial charge in [0.15, 0.2) is 0 Å². The lowest BCUT2D eigenvalue weighted by atomic mass is 9.77. The molecule has 1 aromatic carbocycles. The maximum Gasteiger partial charge on any atom is 0.328 e. The van der Waals surface area contributed by atoms with E-state index in [2.05, 4.69) is 29.7 Å². The highest BCUT2D eigenvalue weighted by atomic mass is 16.5. The van der Waals surface area contributed by atoms with Gasteiger partial charge in [-0.25, -0.2) is 4.79 Å². The highest BCUT2D eigenvalue weighted by Gasteiger charge is 2.31. The number of rotatable bonds is 12. The third-order valence-corrected chi connectivity index (χ3v) is 7.36. The van der Waals surface area contributed by atoms with Crippen molar-refractivity contribution in [2.24, 2.45) is 17.8 Å². The fourth-order valence-electron chi connectivity index (χ4n) is 5.00. The van der Waals surface area contributed by atoms with Gasteiger partial charge in [-0.3, -0.25) is 9.59 Å². The van der Waals surface area contributed by atoms with Crippen LogP contribution in [0.25, 0.3) is 0 Å². The lowest BCUT2D eigenvalue weighted by Crippen LogP contribution is -2.55. The molecule has 2 atom stereocenters. The summed E-state index contributed by atoms with van der Waals surface area (Å²) in [5.74, 6) is -0.00163. The summed E-state index contributed by atoms with van der Waals surface area (Å²) in [6.45, 7) is 9.67. The highest BCUT2D eigenvalue weighted by molar-refractivity contribution is 5.98. The van der Waals surface area contributed by atoms with Gasteiger partial charge in [-0.15, -0.1) is 0 Å². The third-order valence-electron chi connectivity index (χ3n) is 7.36. The van der Waals surface area contributed by atoms with Gasteiger partial charge < -0.3 is 15.4 Å². The summed E-state index contributed by atoms with van der Waals surface area (Å²) >= 11 is 0. The number of benzene rings is 1. The van der Waals surface area contributed by atoms with Crippen molar-refractivity contribution < 1.29 is 19.1 Å². The molecule has 0 unspecified atom stereocenters. The molecule has 0 spiro atoms. The maximum atomic E-state index is 12.9. The monoisotopic (exact) mass is 486 g/mol. The molecule has 6 heteroatoms. The summed E-state index contributed by atoms with van der Waals surface area (Å²) in [6.07, 6.45) is 10.4. The lowest BCUT2D eigenvalue weighted by molar-refractivity contribution is -0.146. The first-order chi connectivity index (χ1) is 16.7. The SMILES string of the molecule is CCCCCC1CCC(c2ccc(C(=O)N[C@@H](C(=O)N[C@H](C(=O)OC)C(C)C)C(C)C)cc2)CC1. The predicted octanol–water partition coefficient (Wildman–Crippen LogP) is 5.61. The molecule has 35 heavy (non-hydrogen) atoms. The quantitative estimate of drug-likeness (QED) is 0.297. The third kappa shape index (κ3) is 8.66. The van der Waals surface area contributed by atoms with Gasteiger partial charge in [0.2, 0.25) is 5.91 Å². The second-order valence-corrected chi connectivity index (χ2v) is 10.8. The largest absolute Gasteiger partial charge is 0.467 e. The smallest absolute Gasteiger partial charge is 0.328 e. The fraction of sp³-hybridized carbons (Fsp3) is 0.690. The Balaban J connectivity index is 1.96. The van der Waals surface area contributed by atoms with Crippen molar-refractivity contribution in [3.05, 3.63) is 35.4 Å². The van der Waals surface area contributed by atoms with E-state index >= 15 is 0 Å². The minimum Gasteiger partial charge on any atom is -0.467 e. The molecule has 1 aromatic rings. The van der Waals surface area contributed by atoms with Crippen LogP contribution >= 0.6 is 0 Å². The molecule has 1 aliphatic carbocycles. The molecule has 1 saturated carbocycles. The van der Waals surface area contributed by atoms with Gasteiger partial charge in [0, 0.05) is 5.56 Å². The van der Waals surface area contributed by atoms with Crippen LogP contribution in [0.1, 0.15) is 108 Å². The number of amides is 2. The van der Waals surface area contributed by atoms with Crippen molar-refractivity contribution in [3.63, 3.8) is 0 Å². The van der Waals surface area contributed by atoms with Crippen LogP contribution in [0.3, 0.4) is 0 Å². The zero-order valence-corrected chi connectivity index (χ0v) is 22.6. The number of methoxy groups -OCH3 is 1. The average Bonchev–Trinajstić information content (AvgIpc) is 2.85. The summed E-state index contributed by atoms with van der Waals surface area (Å²) in [6, 6.07) is 6.33. The van der Waals surface area contributed by atoms with E-state index in [0.29, 0.717) is 11.5 Å². The number of unbranched alkanes of at least 4 members (excludes halogenated alkanes) is 2. The summed E-state index contributed by atoms with van der Waals surface area (Å²) in [5.41, 5.74) is 1.83. The van der Waals surface area contributed by atoms with Gasteiger partial charge in [-0.05, 0) is 67.1 Å². The Labute approximate surface area is 212 Å². The molecular formula is C29H46N2O4. The Morgan fingerprint density at radius 1 is 0.886 bits per heavy atom. The van der Waals surface area contributed by atoms with E-state index in [1.165, 1.54) is 64.0 Å². The molecule has 0 radical (unpaired) electrons. The molecule has 2 rings (SSSR count). The topological polar surface area (TPSA) is 84.5 Å². The minimum atomic E-state index is -0.758. The van der Waals surface area contributed by atoms with Gasteiger partial charge in [0.1, 0.15) is 12.1 Å². The van der Waals surface area contributed by atoms with Gasteiger partial charge in [-0.2, -0.15) is 0 Å². The second kappa shape index (κ2) is 14.3. The first-order valence-electron chi connectivity index (χ1n) is 13.5. The van der Waals surface area contributed by atoms with Crippen LogP contribution < -0.4 is 10.6 Å². The summed E-state index contributed by atoms with van der Waals surface area (Å²) in [5, 5.41) is 5.61. The molecule has 0 aliphatic heterocycles. The molecule has 1 fully saturated rings. The van der Waals surface area contributed by atoms with Gasteiger partial charge in [0.25, 0.3) is 5.91 Å². The minimum absolute atomic E-state index is 0.131. The molecule has 2 amide bonds. The van der Waals surface area contributed by atoms with Crippen LogP contribution in [-0.4, -0.2) is 37.0 Å². The molecule has 0 heterocycles. The zero-order chi connectivity index (χ0) is 26.0. The Bertz CT molecular complexity index is 810. The van der Waals surface area contributed by atoms with Crippen molar-refractivity contribution in [3.8, 4) is 0 Å². The van der Waals surface area contributed by atoms with Gasteiger partial charge >= 0.3 is 5.97 Å². The maximum absolute atomic E-state index is 12.9. The molecule has 0 aromatic heterocycles. The first-order valence-corrected chi connectivity index (χ1v) is 13.5. The highest BCUT2D eigenvalue weighted by Crippen LogP contribution is 2.37. The van der Waals surface area contributed by atoms with Crippen molar-refractivity contribution in [1.29, 1.82) is 0 Å². The van der Waals surface area contributed by atoms with Crippen molar-refractivity contribution >= 4 is 17.8 Å². The molecule has 0 bridgehead atoms. The molecule has 0 saturated heterocycles. The van der Waals surface area contributed by atoms with E-state index in [4.69, 9.17) is 4.74 Å². The number of nitrogens with one attached hydrogen (secondary N) is 2. The fourth-order valence-corrected chi connectivity index (χ4v) is 5.00. The molecule has 6 nitrogen and oxygen atoms in total. The number of hydrogen-bond donors (Lipinski definition) is 2. The van der Waals surface area contributed by atoms with Crippen LogP contribution in [-0.2, 0) is 14.3 Å². The number of carbonyl (C=O) groups excluding carboxylic acids is 3. The lowest BCUT2D eigenvalue weighted by Gasteiger charge is -2.29. The predicted molar refractivity (Wildman–Crippen MR) is 140 cm³/mol. The summed E-state index contributed by atoms with van der Waals surface area (Å²) in [4.78, 5) is 37.9. The molecule has 196 valence electrons. The van der Waals surface area contributed by atoms with E-state index in [1.807, 2.05) is 39.8 Å². The van der Waals surface area contributed by atoms with Crippen LogP contribution in [0.2, 0.25) is 0 Å². The molecule has 1 aliphatic rings.